The fourth-order valence-electron chi connectivity index (χ4n) is 3.27. The van der Waals surface area contributed by atoms with Crippen LogP contribution in [0.25, 0.3) is 0 Å². The SMILES string of the molecule is CC(C)c1ccc(C2CC2C(=O)N2CCCNCC2)cc1. The molecular formula is C18H26N2O. The number of hydrogen-bond acceptors (Lipinski definition) is 2. The first kappa shape index (κ1) is 14.6. The number of amides is 1. The van der Waals surface area contributed by atoms with Crippen LogP contribution in [0.2, 0.25) is 0 Å². The van der Waals surface area contributed by atoms with Gasteiger partial charge in [-0.1, -0.05) is 38.1 Å². The van der Waals surface area contributed by atoms with Gasteiger partial charge in [0.05, 0.1) is 0 Å². The lowest BCUT2D eigenvalue weighted by Crippen LogP contribution is -2.35. The molecule has 114 valence electrons. The molecule has 1 saturated heterocycles. The van der Waals surface area contributed by atoms with Crippen molar-refractivity contribution in [1.29, 1.82) is 0 Å². The molecule has 2 unspecified atom stereocenters. The molecule has 0 aromatic heterocycles. The molecule has 1 N–H and O–H groups in total. The van der Waals surface area contributed by atoms with Crippen molar-refractivity contribution >= 4 is 5.91 Å². The first-order valence-electron chi connectivity index (χ1n) is 8.26. The summed E-state index contributed by atoms with van der Waals surface area (Å²) in [6.07, 6.45) is 2.11. The van der Waals surface area contributed by atoms with Gasteiger partial charge in [0.15, 0.2) is 0 Å². The smallest absolute Gasteiger partial charge is 0.226 e. The normalized spacial score (nSPS) is 25.8. The summed E-state index contributed by atoms with van der Waals surface area (Å²) in [5.41, 5.74) is 2.71. The van der Waals surface area contributed by atoms with Crippen molar-refractivity contribution in [2.24, 2.45) is 5.92 Å². The Balaban J connectivity index is 1.61. The number of rotatable bonds is 3. The molecule has 0 bridgehead atoms. The average Bonchev–Trinajstić information content (AvgIpc) is 3.30. The number of nitrogens with one attached hydrogen (secondary N) is 1. The monoisotopic (exact) mass is 286 g/mol. The predicted molar refractivity (Wildman–Crippen MR) is 85.4 cm³/mol. The molecule has 21 heavy (non-hydrogen) atoms. The molecule has 2 aliphatic rings. The Morgan fingerprint density at radius 3 is 2.67 bits per heavy atom. The number of carbonyl (C=O) groups is 1. The second-order valence-corrected chi connectivity index (χ2v) is 6.70. The van der Waals surface area contributed by atoms with Gasteiger partial charge in [-0.05, 0) is 42.3 Å². The average molecular weight is 286 g/mol. The van der Waals surface area contributed by atoms with E-state index in [1.165, 1.54) is 11.1 Å². The van der Waals surface area contributed by atoms with Gasteiger partial charge in [-0.3, -0.25) is 4.79 Å². The van der Waals surface area contributed by atoms with Gasteiger partial charge in [0.2, 0.25) is 5.91 Å². The summed E-state index contributed by atoms with van der Waals surface area (Å²) >= 11 is 0. The Hall–Kier alpha value is -1.35. The van der Waals surface area contributed by atoms with Gasteiger partial charge in [0, 0.05) is 25.6 Å². The zero-order valence-electron chi connectivity index (χ0n) is 13.1. The third-order valence-electron chi connectivity index (χ3n) is 4.79. The molecule has 0 radical (unpaired) electrons. The molecule has 3 nitrogen and oxygen atoms in total. The third kappa shape index (κ3) is 3.29. The van der Waals surface area contributed by atoms with Crippen molar-refractivity contribution in [1.82, 2.24) is 10.2 Å². The van der Waals surface area contributed by atoms with Crippen LogP contribution in [0.15, 0.2) is 24.3 Å². The fraction of sp³-hybridized carbons (Fsp3) is 0.611. The number of carbonyl (C=O) groups excluding carboxylic acids is 1. The van der Waals surface area contributed by atoms with Gasteiger partial charge in [-0.2, -0.15) is 0 Å². The zero-order valence-corrected chi connectivity index (χ0v) is 13.1. The number of nitrogens with zero attached hydrogens (tertiary/aromatic N) is 1. The third-order valence-corrected chi connectivity index (χ3v) is 4.79. The van der Waals surface area contributed by atoms with E-state index in [-0.39, 0.29) is 5.92 Å². The molecule has 3 heteroatoms. The molecule has 2 fully saturated rings. The van der Waals surface area contributed by atoms with E-state index in [9.17, 15) is 4.79 Å². The van der Waals surface area contributed by atoms with Crippen LogP contribution in [-0.4, -0.2) is 37.0 Å². The van der Waals surface area contributed by atoms with Crippen molar-refractivity contribution in [2.45, 2.75) is 38.5 Å². The van der Waals surface area contributed by atoms with Crippen molar-refractivity contribution in [2.75, 3.05) is 26.2 Å². The first-order valence-corrected chi connectivity index (χ1v) is 8.26. The van der Waals surface area contributed by atoms with Gasteiger partial charge < -0.3 is 10.2 Å². The van der Waals surface area contributed by atoms with Crippen LogP contribution in [0.1, 0.15) is 49.7 Å². The number of benzene rings is 1. The molecule has 1 aliphatic heterocycles. The van der Waals surface area contributed by atoms with E-state index in [1.54, 1.807) is 0 Å². The van der Waals surface area contributed by atoms with E-state index in [0.29, 0.717) is 17.7 Å². The van der Waals surface area contributed by atoms with Crippen LogP contribution in [0.4, 0.5) is 0 Å². The van der Waals surface area contributed by atoms with Gasteiger partial charge in [-0.15, -0.1) is 0 Å². The van der Waals surface area contributed by atoms with E-state index >= 15 is 0 Å². The van der Waals surface area contributed by atoms with Crippen LogP contribution >= 0.6 is 0 Å². The molecular weight excluding hydrogens is 260 g/mol. The van der Waals surface area contributed by atoms with Crippen LogP contribution in [0.5, 0.6) is 0 Å². The molecule has 1 amide bonds. The molecule has 1 saturated carbocycles. The van der Waals surface area contributed by atoms with Crippen molar-refractivity contribution in [3.8, 4) is 0 Å². The summed E-state index contributed by atoms with van der Waals surface area (Å²) < 4.78 is 0. The van der Waals surface area contributed by atoms with E-state index in [1.807, 2.05) is 0 Å². The molecule has 1 aliphatic carbocycles. The summed E-state index contributed by atoms with van der Waals surface area (Å²) in [6, 6.07) is 8.87. The van der Waals surface area contributed by atoms with Crippen LogP contribution in [0.3, 0.4) is 0 Å². The molecule has 1 aromatic rings. The summed E-state index contributed by atoms with van der Waals surface area (Å²) in [5.74, 6) is 1.62. The fourth-order valence-corrected chi connectivity index (χ4v) is 3.27. The van der Waals surface area contributed by atoms with Gasteiger partial charge in [0.1, 0.15) is 0 Å². The van der Waals surface area contributed by atoms with Gasteiger partial charge in [0.25, 0.3) is 0 Å². The highest BCUT2D eigenvalue weighted by Gasteiger charge is 2.45. The summed E-state index contributed by atoms with van der Waals surface area (Å²) in [7, 11) is 0. The summed E-state index contributed by atoms with van der Waals surface area (Å²) in [5, 5.41) is 3.36. The van der Waals surface area contributed by atoms with Crippen molar-refractivity contribution < 1.29 is 4.79 Å². The molecule has 0 spiro atoms. The Morgan fingerprint density at radius 1 is 1.19 bits per heavy atom. The van der Waals surface area contributed by atoms with Crippen molar-refractivity contribution in [3.05, 3.63) is 35.4 Å². The highest BCUT2D eigenvalue weighted by molar-refractivity contribution is 5.83. The lowest BCUT2D eigenvalue weighted by atomic mass is 10.00. The topological polar surface area (TPSA) is 32.3 Å². The summed E-state index contributed by atoms with van der Waals surface area (Å²) in [6.45, 7) is 8.19. The van der Waals surface area contributed by atoms with Crippen LogP contribution in [-0.2, 0) is 4.79 Å². The molecule has 1 aromatic carbocycles. The largest absolute Gasteiger partial charge is 0.341 e. The lowest BCUT2D eigenvalue weighted by Gasteiger charge is -2.20. The molecule has 2 atom stereocenters. The Bertz CT molecular complexity index is 486. The highest BCUT2D eigenvalue weighted by atomic mass is 16.2. The molecule has 3 rings (SSSR count). The second kappa shape index (κ2) is 6.18. The maximum atomic E-state index is 12.6. The predicted octanol–water partition coefficient (Wildman–Crippen LogP) is 2.74. The lowest BCUT2D eigenvalue weighted by molar-refractivity contribution is -0.132. The second-order valence-electron chi connectivity index (χ2n) is 6.70. The van der Waals surface area contributed by atoms with E-state index in [2.05, 4.69) is 48.3 Å². The Labute approximate surface area is 127 Å². The van der Waals surface area contributed by atoms with Crippen LogP contribution < -0.4 is 5.32 Å². The van der Waals surface area contributed by atoms with E-state index < -0.39 is 0 Å². The Morgan fingerprint density at radius 2 is 1.95 bits per heavy atom. The quantitative estimate of drug-likeness (QED) is 0.926. The van der Waals surface area contributed by atoms with E-state index in [0.717, 1.165) is 39.0 Å². The molecule has 1 heterocycles. The Kier molecular flexibility index (Phi) is 4.29. The highest BCUT2D eigenvalue weighted by Crippen LogP contribution is 2.48. The first-order chi connectivity index (χ1) is 10.2. The maximum Gasteiger partial charge on any atom is 0.226 e. The van der Waals surface area contributed by atoms with Crippen molar-refractivity contribution in [3.63, 3.8) is 0 Å². The van der Waals surface area contributed by atoms with Gasteiger partial charge >= 0.3 is 0 Å². The summed E-state index contributed by atoms with van der Waals surface area (Å²) in [4.78, 5) is 14.6. The standard InChI is InChI=1S/C18H26N2O/c1-13(2)14-4-6-15(7-5-14)16-12-17(16)18(21)20-10-3-8-19-9-11-20/h4-7,13,16-17,19H,3,8-12H2,1-2H3. The maximum absolute atomic E-state index is 12.6. The van der Waals surface area contributed by atoms with Crippen LogP contribution in [0, 0.1) is 5.92 Å². The minimum absolute atomic E-state index is 0.230. The zero-order chi connectivity index (χ0) is 14.8. The number of hydrogen-bond donors (Lipinski definition) is 1. The minimum atomic E-state index is 0.230. The van der Waals surface area contributed by atoms with E-state index in [4.69, 9.17) is 0 Å². The minimum Gasteiger partial charge on any atom is -0.341 e. The van der Waals surface area contributed by atoms with Gasteiger partial charge in [-0.25, -0.2) is 0 Å².